The van der Waals surface area contributed by atoms with Crippen molar-refractivity contribution in [1.29, 1.82) is 0 Å². The van der Waals surface area contributed by atoms with Gasteiger partial charge in [0.05, 0.1) is 57.4 Å². The number of ether oxygens (including phenoxy) is 1. The molecule has 10 nitrogen and oxygen atoms in total. The standard InChI is InChI=1S/C23H19N5O5S/c1-33-21-12-14(27-34(2,31)32)6-8-17(21)24-18-4-3-5-19-22(18)23-20(25-19)11-13-10-15(28(29)30)7-9-16(13)26-23/h3-12,24-25,27H,1-2H3. The van der Waals surface area contributed by atoms with Crippen LogP contribution in [0.4, 0.5) is 22.7 Å². The van der Waals surface area contributed by atoms with Crippen molar-refractivity contribution in [2.75, 3.05) is 23.4 Å². The van der Waals surface area contributed by atoms with Gasteiger partial charge in [0, 0.05) is 29.0 Å². The van der Waals surface area contributed by atoms with Gasteiger partial charge in [-0.2, -0.15) is 0 Å². The molecule has 34 heavy (non-hydrogen) atoms. The third kappa shape index (κ3) is 3.92. The summed E-state index contributed by atoms with van der Waals surface area (Å²) in [5, 5.41) is 16.0. The van der Waals surface area contributed by atoms with E-state index >= 15 is 0 Å². The van der Waals surface area contributed by atoms with Crippen LogP contribution in [-0.4, -0.2) is 36.7 Å². The van der Waals surface area contributed by atoms with Gasteiger partial charge in [0.25, 0.3) is 5.69 Å². The Balaban J connectivity index is 1.62. The molecule has 0 aliphatic rings. The molecule has 0 radical (unpaired) electrons. The van der Waals surface area contributed by atoms with E-state index in [4.69, 9.17) is 9.72 Å². The number of anilines is 3. The smallest absolute Gasteiger partial charge is 0.270 e. The second-order valence-electron chi connectivity index (χ2n) is 7.79. The Morgan fingerprint density at radius 2 is 1.85 bits per heavy atom. The fourth-order valence-corrected chi connectivity index (χ4v) is 4.50. The van der Waals surface area contributed by atoms with Crippen LogP contribution in [0.5, 0.6) is 5.75 Å². The summed E-state index contributed by atoms with van der Waals surface area (Å²) in [6, 6.07) is 17.1. The molecule has 2 heterocycles. The van der Waals surface area contributed by atoms with E-state index in [1.165, 1.54) is 19.2 Å². The molecule has 0 saturated heterocycles. The van der Waals surface area contributed by atoms with Crippen molar-refractivity contribution in [3.8, 4) is 5.75 Å². The molecule has 5 aromatic rings. The molecular weight excluding hydrogens is 458 g/mol. The van der Waals surface area contributed by atoms with Gasteiger partial charge in [-0.05, 0) is 36.4 Å². The van der Waals surface area contributed by atoms with Crippen molar-refractivity contribution >= 4 is 65.6 Å². The molecule has 0 spiro atoms. The normalized spacial score (nSPS) is 11.7. The van der Waals surface area contributed by atoms with Crippen LogP contribution in [0, 0.1) is 10.1 Å². The molecule has 3 aromatic carbocycles. The summed E-state index contributed by atoms with van der Waals surface area (Å²) in [4.78, 5) is 18.8. The van der Waals surface area contributed by atoms with Gasteiger partial charge in [-0.3, -0.25) is 14.8 Å². The van der Waals surface area contributed by atoms with Gasteiger partial charge in [-0.1, -0.05) is 6.07 Å². The highest BCUT2D eigenvalue weighted by Gasteiger charge is 2.15. The largest absolute Gasteiger partial charge is 0.494 e. The number of non-ortho nitro benzene ring substituents is 1. The fraction of sp³-hybridized carbons (Fsp3) is 0.0870. The molecule has 11 heteroatoms. The number of methoxy groups -OCH3 is 1. The molecule has 172 valence electrons. The molecule has 0 aliphatic heterocycles. The van der Waals surface area contributed by atoms with E-state index in [1.807, 2.05) is 24.3 Å². The molecule has 2 aromatic heterocycles. The first-order chi connectivity index (χ1) is 16.2. The number of benzene rings is 3. The zero-order chi connectivity index (χ0) is 24.0. The predicted octanol–water partition coefficient (Wildman–Crippen LogP) is 4.90. The maximum atomic E-state index is 11.6. The number of H-pyrrole nitrogens is 1. The van der Waals surface area contributed by atoms with Gasteiger partial charge in [-0.25, -0.2) is 13.4 Å². The number of nitrogens with one attached hydrogen (secondary N) is 3. The average Bonchev–Trinajstić information content (AvgIpc) is 3.15. The van der Waals surface area contributed by atoms with Gasteiger partial charge in [0.15, 0.2) is 0 Å². The van der Waals surface area contributed by atoms with Crippen molar-refractivity contribution < 1.29 is 18.1 Å². The Morgan fingerprint density at radius 3 is 2.59 bits per heavy atom. The molecule has 0 bridgehead atoms. The molecule has 0 unspecified atom stereocenters. The quantitative estimate of drug-likeness (QED) is 0.233. The Morgan fingerprint density at radius 1 is 1.03 bits per heavy atom. The van der Waals surface area contributed by atoms with E-state index < -0.39 is 14.9 Å². The van der Waals surface area contributed by atoms with Crippen molar-refractivity contribution in [2.24, 2.45) is 0 Å². The number of nitro groups is 1. The zero-order valence-electron chi connectivity index (χ0n) is 18.1. The first-order valence-corrected chi connectivity index (χ1v) is 12.0. The van der Waals surface area contributed by atoms with Crippen LogP contribution in [0.2, 0.25) is 0 Å². The van der Waals surface area contributed by atoms with Gasteiger partial charge >= 0.3 is 0 Å². The van der Waals surface area contributed by atoms with Crippen LogP contribution in [0.3, 0.4) is 0 Å². The van der Waals surface area contributed by atoms with Crippen LogP contribution in [-0.2, 0) is 10.0 Å². The predicted molar refractivity (Wildman–Crippen MR) is 133 cm³/mol. The van der Waals surface area contributed by atoms with Crippen LogP contribution in [0.1, 0.15) is 0 Å². The molecule has 0 atom stereocenters. The van der Waals surface area contributed by atoms with Gasteiger partial charge in [0.2, 0.25) is 10.0 Å². The maximum Gasteiger partial charge on any atom is 0.270 e. The number of fused-ring (bicyclic) bond motifs is 4. The average molecular weight is 478 g/mol. The van der Waals surface area contributed by atoms with E-state index in [0.29, 0.717) is 33.5 Å². The summed E-state index contributed by atoms with van der Waals surface area (Å²) in [5.74, 6) is 0.455. The molecule has 3 N–H and O–H groups in total. The van der Waals surface area contributed by atoms with Crippen LogP contribution in [0.15, 0.2) is 60.7 Å². The Bertz CT molecular complexity index is 1710. The number of nitro benzene ring substituents is 1. The summed E-state index contributed by atoms with van der Waals surface area (Å²) in [6.07, 6.45) is 1.08. The first-order valence-electron chi connectivity index (χ1n) is 10.1. The summed E-state index contributed by atoms with van der Waals surface area (Å²) in [7, 11) is -1.92. The van der Waals surface area contributed by atoms with Crippen molar-refractivity contribution in [3.05, 3.63) is 70.8 Å². The van der Waals surface area contributed by atoms with E-state index in [2.05, 4.69) is 15.0 Å². The van der Waals surface area contributed by atoms with Crippen molar-refractivity contribution in [2.45, 2.75) is 0 Å². The maximum absolute atomic E-state index is 11.6. The minimum atomic E-state index is -3.42. The highest BCUT2D eigenvalue weighted by molar-refractivity contribution is 7.92. The molecule has 0 fully saturated rings. The van der Waals surface area contributed by atoms with E-state index in [-0.39, 0.29) is 5.69 Å². The lowest BCUT2D eigenvalue weighted by molar-refractivity contribution is -0.384. The van der Waals surface area contributed by atoms with Crippen LogP contribution >= 0.6 is 0 Å². The molecule has 0 saturated carbocycles. The number of nitrogens with zero attached hydrogens (tertiary/aromatic N) is 2. The minimum Gasteiger partial charge on any atom is -0.494 e. The fourth-order valence-electron chi connectivity index (χ4n) is 3.94. The molecular formula is C23H19N5O5S. The third-order valence-corrected chi connectivity index (χ3v) is 5.96. The first kappa shape index (κ1) is 21.5. The van der Waals surface area contributed by atoms with Gasteiger partial charge in [-0.15, -0.1) is 0 Å². The highest BCUT2D eigenvalue weighted by atomic mass is 32.2. The lowest BCUT2D eigenvalue weighted by atomic mass is 10.1. The highest BCUT2D eigenvalue weighted by Crippen LogP contribution is 2.37. The third-order valence-electron chi connectivity index (χ3n) is 5.35. The number of hydrogen-bond acceptors (Lipinski definition) is 7. The molecule has 0 aliphatic carbocycles. The van der Waals surface area contributed by atoms with Gasteiger partial charge in [0.1, 0.15) is 5.75 Å². The second kappa shape index (κ2) is 7.89. The summed E-state index contributed by atoms with van der Waals surface area (Å²) in [5.41, 5.74) is 4.74. The number of aromatic nitrogens is 2. The number of pyridine rings is 1. The van der Waals surface area contributed by atoms with Crippen LogP contribution < -0.4 is 14.8 Å². The van der Waals surface area contributed by atoms with E-state index in [0.717, 1.165) is 28.4 Å². The van der Waals surface area contributed by atoms with E-state index in [1.54, 1.807) is 24.3 Å². The van der Waals surface area contributed by atoms with E-state index in [9.17, 15) is 18.5 Å². The topological polar surface area (TPSA) is 139 Å². The summed E-state index contributed by atoms with van der Waals surface area (Å²) in [6.45, 7) is 0. The number of sulfonamides is 1. The summed E-state index contributed by atoms with van der Waals surface area (Å²) >= 11 is 0. The SMILES string of the molecule is COc1cc(NS(C)(=O)=O)ccc1Nc1cccc2[nH]c3cc4cc([N+](=O)[O-])ccc4nc3c12. The molecule has 0 amide bonds. The number of aromatic amines is 1. The van der Waals surface area contributed by atoms with Crippen molar-refractivity contribution in [1.82, 2.24) is 9.97 Å². The molecule has 5 rings (SSSR count). The number of rotatable bonds is 6. The Labute approximate surface area is 193 Å². The lowest BCUT2D eigenvalue weighted by Gasteiger charge is -2.14. The lowest BCUT2D eigenvalue weighted by Crippen LogP contribution is -2.09. The summed E-state index contributed by atoms with van der Waals surface area (Å²) < 4.78 is 31.0. The number of hydrogen-bond donors (Lipinski definition) is 3. The second-order valence-corrected chi connectivity index (χ2v) is 9.53. The van der Waals surface area contributed by atoms with Crippen LogP contribution in [0.25, 0.3) is 32.8 Å². The Hall–Kier alpha value is -4.38. The Kier molecular flexibility index (Phi) is 4.98. The van der Waals surface area contributed by atoms with Crippen molar-refractivity contribution in [3.63, 3.8) is 0 Å². The minimum absolute atomic E-state index is 0.00743. The zero-order valence-corrected chi connectivity index (χ0v) is 18.9. The van der Waals surface area contributed by atoms with Gasteiger partial charge < -0.3 is 15.0 Å². The monoisotopic (exact) mass is 477 g/mol.